The molecular weight excluding hydrogens is 81.0 g/mol. The zero-order chi connectivity index (χ0) is 3.54. The molecule has 28 valence electrons. The highest BCUT2D eigenvalue weighted by Crippen LogP contribution is 2.08. The highest BCUT2D eigenvalue weighted by Gasteiger charge is 1.85. The van der Waals surface area contributed by atoms with Crippen LogP contribution in [0.5, 0.6) is 0 Å². The van der Waals surface area contributed by atoms with E-state index in [4.69, 9.17) is 0 Å². The fourth-order valence-electron chi connectivity index (χ4n) is 0.323. The van der Waals surface area contributed by atoms with E-state index in [0.717, 1.165) is 15.1 Å². The van der Waals surface area contributed by atoms with Gasteiger partial charge in [-0.15, -0.1) is 0 Å². The van der Waals surface area contributed by atoms with E-state index in [-0.39, 0.29) is 0 Å². The SMILES string of the molecule is C1=NCCP1. The summed E-state index contributed by atoms with van der Waals surface area (Å²) in [5, 5.41) is 0. The molecule has 1 atom stereocenters. The Bertz CT molecular complexity index is 44.9. The Morgan fingerprint density at radius 1 is 1.80 bits per heavy atom. The van der Waals surface area contributed by atoms with E-state index >= 15 is 0 Å². The third kappa shape index (κ3) is 0.695. The molecule has 1 rings (SSSR count). The molecule has 0 aromatic rings. The molecule has 5 heavy (non-hydrogen) atoms. The lowest BCUT2D eigenvalue weighted by Gasteiger charge is -1.67. The van der Waals surface area contributed by atoms with Crippen molar-refractivity contribution in [3.8, 4) is 0 Å². The molecule has 0 aromatic heterocycles. The van der Waals surface area contributed by atoms with Crippen LogP contribution < -0.4 is 0 Å². The van der Waals surface area contributed by atoms with Gasteiger partial charge in [0, 0.05) is 12.5 Å². The molecule has 0 spiro atoms. The minimum Gasteiger partial charge on any atom is -0.293 e. The van der Waals surface area contributed by atoms with Gasteiger partial charge in [0.25, 0.3) is 0 Å². The summed E-state index contributed by atoms with van der Waals surface area (Å²) in [6.07, 6.45) is 1.31. The Labute approximate surface area is 33.3 Å². The molecule has 1 aliphatic rings. The monoisotopic (exact) mass is 87.0 g/mol. The Hall–Kier alpha value is 0.100. The molecular formula is C3H6NP. The summed E-state index contributed by atoms with van der Waals surface area (Å²) in [5.74, 6) is 2.01. The number of nitrogens with zero attached hydrogens (tertiary/aromatic N) is 1. The van der Waals surface area contributed by atoms with Gasteiger partial charge >= 0.3 is 0 Å². The number of hydrogen-bond acceptors (Lipinski definition) is 1. The fraction of sp³-hybridized carbons (Fsp3) is 0.667. The molecule has 0 aromatic carbocycles. The van der Waals surface area contributed by atoms with E-state index in [1.165, 1.54) is 6.16 Å². The molecule has 2 heteroatoms. The smallest absolute Gasteiger partial charge is 0.0429 e. The maximum absolute atomic E-state index is 3.97. The second-order valence-corrected chi connectivity index (χ2v) is 2.16. The molecule has 1 aliphatic heterocycles. The average molecular weight is 87.1 g/mol. The third-order valence-corrected chi connectivity index (χ3v) is 1.45. The van der Waals surface area contributed by atoms with Crippen LogP contribution >= 0.6 is 8.58 Å². The standard InChI is InChI=1S/C3H6NP/c1-2-5-3-4-1/h3,5H,1-2H2. The minimum atomic E-state index is 1.02. The van der Waals surface area contributed by atoms with E-state index in [2.05, 4.69) is 4.99 Å². The molecule has 1 heterocycles. The van der Waals surface area contributed by atoms with Crippen molar-refractivity contribution in [2.75, 3.05) is 12.7 Å². The van der Waals surface area contributed by atoms with E-state index in [1.54, 1.807) is 0 Å². The fourth-order valence-corrected chi connectivity index (χ4v) is 0.968. The first kappa shape index (κ1) is 3.30. The summed E-state index contributed by atoms with van der Waals surface area (Å²) in [5.41, 5.74) is 0. The predicted molar refractivity (Wildman–Crippen MR) is 26.5 cm³/mol. The van der Waals surface area contributed by atoms with Crippen LogP contribution in [0.3, 0.4) is 0 Å². The van der Waals surface area contributed by atoms with Crippen LogP contribution in [0.25, 0.3) is 0 Å². The van der Waals surface area contributed by atoms with Crippen molar-refractivity contribution in [1.29, 1.82) is 0 Å². The molecule has 0 N–H and O–H groups in total. The normalized spacial score (nSPS) is 25.6. The van der Waals surface area contributed by atoms with Crippen LogP contribution in [0, 0.1) is 0 Å². The minimum absolute atomic E-state index is 1.02. The van der Waals surface area contributed by atoms with Gasteiger partial charge in [-0.1, -0.05) is 8.58 Å². The Morgan fingerprint density at radius 2 is 2.80 bits per heavy atom. The highest BCUT2D eigenvalue weighted by molar-refractivity contribution is 7.55. The molecule has 0 saturated carbocycles. The first-order valence-corrected chi connectivity index (χ1v) is 3.00. The van der Waals surface area contributed by atoms with Crippen molar-refractivity contribution in [3.63, 3.8) is 0 Å². The highest BCUT2D eigenvalue weighted by atomic mass is 31.1. The van der Waals surface area contributed by atoms with E-state index in [1.807, 2.05) is 5.96 Å². The Morgan fingerprint density at radius 3 is 3.00 bits per heavy atom. The van der Waals surface area contributed by atoms with Crippen molar-refractivity contribution >= 4 is 14.5 Å². The van der Waals surface area contributed by atoms with Crippen molar-refractivity contribution in [2.24, 2.45) is 4.99 Å². The summed E-state index contributed by atoms with van der Waals surface area (Å²) >= 11 is 0. The Kier molecular flexibility index (Phi) is 0.999. The van der Waals surface area contributed by atoms with E-state index < -0.39 is 0 Å². The summed E-state index contributed by atoms with van der Waals surface area (Å²) in [7, 11) is 1.02. The van der Waals surface area contributed by atoms with Gasteiger partial charge in [0.1, 0.15) is 0 Å². The van der Waals surface area contributed by atoms with Crippen molar-refractivity contribution in [2.45, 2.75) is 0 Å². The lowest BCUT2D eigenvalue weighted by molar-refractivity contribution is 1.18. The second-order valence-electron chi connectivity index (χ2n) is 0.989. The van der Waals surface area contributed by atoms with Crippen LogP contribution in [0.4, 0.5) is 0 Å². The van der Waals surface area contributed by atoms with Gasteiger partial charge in [0.05, 0.1) is 0 Å². The summed E-state index contributed by atoms with van der Waals surface area (Å²) in [4.78, 5) is 3.97. The summed E-state index contributed by atoms with van der Waals surface area (Å²) in [6, 6.07) is 0. The predicted octanol–water partition coefficient (Wildman–Crippen LogP) is 0.707. The Balaban J connectivity index is 2.32. The van der Waals surface area contributed by atoms with Crippen LogP contribution in [0.2, 0.25) is 0 Å². The summed E-state index contributed by atoms with van der Waals surface area (Å²) in [6.45, 7) is 1.08. The molecule has 0 fully saturated rings. The van der Waals surface area contributed by atoms with E-state index in [9.17, 15) is 0 Å². The second kappa shape index (κ2) is 1.51. The molecule has 0 bridgehead atoms. The molecule has 0 saturated heterocycles. The molecule has 0 radical (unpaired) electrons. The quantitative estimate of drug-likeness (QED) is 0.386. The first-order valence-electron chi connectivity index (χ1n) is 1.72. The van der Waals surface area contributed by atoms with Crippen molar-refractivity contribution in [3.05, 3.63) is 0 Å². The maximum atomic E-state index is 3.97. The molecule has 0 amide bonds. The van der Waals surface area contributed by atoms with E-state index in [0.29, 0.717) is 0 Å². The third-order valence-electron chi connectivity index (χ3n) is 0.568. The lowest BCUT2D eigenvalue weighted by atomic mass is 10.8. The van der Waals surface area contributed by atoms with Crippen LogP contribution in [0.15, 0.2) is 4.99 Å². The molecule has 1 unspecified atom stereocenters. The number of hydrogen-bond donors (Lipinski definition) is 0. The van der Waals surface area contributed by atoms with Crippen molar-refractivity contribution in [1.82, 2.24) is 0 Å². The van der Waals surface area contributed by atoms with Crippen LogP contribution in [0.1, 0.15) is 0 Å². The largest absolute Gasteiger partial charge is 0.293 e. The van der Waals surface area contributed by atoms with Crippen LogP contribution in [-0.2, 0) is 0 Å². The van der Waals surface area contributed by atoms with Gasteiger partial charge in [-0.3, -0.25) is 4.99 Å². The summed E-state index contributed by atoms with van der Waals surface area (Å²) < 4.78 is 0. The van der Waals surface area contributed by atoms with Gasteiger partial charge in [-0.2, -0.15) is 0 Å². The van der Waals surface area contributed by atoms with Gasteiger partial charge in [0.2, 0.25) is 0 Å². The number of rotatable bonds is 0. The van der Waals surface area contributed by atoms with Gasteiger partial charge in [-0.25, -0.2) is 0 Å². The molecule has 0 aliphatic carbocycles. The lowest BCUT2D eigenvalue weighted by Crippen LogP contribution is -1.67. The van der Waals surface area contributed by atoms with Gasteiger partial charge in [0.15, 0.2) is 0 Å². The van der Waals surface area contributed by atoms with Crippen LogP contribution in [-0.4, -0.2) is 18.7 Å². The maximum Gasteiger partial charge on any atom is 0.0429 e. The number of aliphatic imine (C=N–C) groups is 1. The molecule has 1 nitrogen and oxygen atoms in total. The zero-order valence-corrected chi connectivity index (χ0v) is 3.94. The topological polar surface area (TPSA) is 12.4 Å². The average Bonchev–Trinajstić information content (AvgIpc) is 1.76. The van der Waals surface area contributed by atoms with Crippen molar-refractivity contribution < 1.29 is 0 Å². The zero-order valence-electron chi connectivity index (χ0n) is 2.94. The van der Waals surface area contributed by atoms with Gasteiger partial charge in [-0.05, 0) is 6.16 Å². The van der Waals surface area contributed by atoms with Gasteiger partial charge < -0.3 is 0 Å². The first-order chi connectivity index (χ1) is 2.50.